The first-order chi connectivity index (χ1) is 15.6. The minimum absolute atomic E-state index is 0.0619. The number of amides is 1. The van der Waals surface area contributed by atoms with E-state index in [0.29, 0.717) is 6.07 Å². The monoisotopic (exact) mass is 531 g/mol. The van der Waals surface area contributed by atoms with Gasteiger partial charge in [-0.1, -0.05) is 56.1 Å². The molecule has 0 heterocycles. The molecule has 10 heteroatoms. The predicted octanol–water partition coefficient (Wildman–Crippen LogP) is 7.45. The van der Waals surface area contributed by atoms with Crippen molar-refractivity contribution in [1.29, 1.82) is 0 Å². The molecule has 0 saturated carbocycles. The Kier molecular flexibility index (Phi) is 9.27. The van der Waals surface area contributed by atoms with Crippen molar-refractivity contribution in [2.75, 3.05) is 5.32 Å². The van der Waals surface area contributed by atoms with Crippen LogP contribution in [0, 0.1) is 17.6 Å². The Morgan fingerprint density at radius 1 is 1.12 bits per heavy atom. The average Bonchev–Trinajstić information content (AvgIpc) is 2.69. The maximum Gasteiger partial charge on any atom is 0.309 e. The van der Waals surface area contributed by atoms with Crippen LogP contribution in [0.25, 0.3) is 0 Å². The molecule has 2 aromatic carbocycles. The van der Waals surface area contributed by atoms with Crippen molar-refractivity contribution in [3.63, 3.8) is 0 Å². The highest BCUT2D eigenvalue weighted by Crippen LogP contribution is 2.43. The Morgan fingerprint density at radius 2 is 1.71 bits per heavy atom. The fourth-order valence-corrected chi connectivity index (χ4v) is 4.87. The van der Waals surface area contributed by atoms with Gasteiger partial charge in [0.05, 0.1) is 27.8 Å². The summed E-state index contributed by atoms with van der Waals surface area (Å²) in [6.45, 7) is 9.72. The van der Waals surface area contributed by atoms with Crippen molar-refractivity contribution in [1.82, 2.24) is 0 Å². The number of rotatable bonds is 9. The van der Waals surface area contributed by atoms with Gasteiger partial charge in [-0.15, -0.1) is 0 Å². The van der Waals surface area contributed by atoms with Gasteiger partial charge >= 0.3 is 5.97 Å². The molecule has 0 aliphatic carbocycles. The SMILES string of the molecule is CC(C)(C)[Si](C)(C)OC(c1ccc(F)cc1F)C(CCC(=O)Nc1c(Cl)cccc1Cl)C(=O)O. The summed E-state index contributed by atoms with van der Waals surface area (Å²) in [5, 5.41) is 12.8. The Hall–Kier alpha value is -2.00. The molecule has 2 rings (SSSR count). The molecule has 0 radical (unpaired) electrons. The molecule has 0 fully saturated rings. The van der Waals surface area contributed by atoms with Crippen LogP contribution in [0.2, 0.25) is 28.2 Å². The van der Waals surface area contributed by atoms with Crippen LogP contribution < -0.4 is 5.32 Å². The number of halogens is 4. The largest absolute Gasteiger partial charge is 0.481 e. The van der Waals surface area contributed by atoms with E-state index in [9.17, 15) is 23.5 Å². The molecule has 0 saturated heterocycles. The number of anilines is 1. The van der Waals surface area contributed by atoms with Crippen LogP contribution in [0.15, 0.2) is 36.4 Å². The Balaban J connectivity index is 2.35. The third kappa shape index (κ3) is 7.01. The number of hydrogen-bond donors (Lipinski definition) is 2. The number of benzene rings is 2. The van der Waals surface area contributed by atoms with E-state index in [4.69, 9.17) is 27.6 Å². The minimum Gasteiger partial charge on any atom is -0.481 e. The zero-order valence-electron chi connectivity index (χ0n) is 19.7. The maximum absolute atomic E-state index is 14.8. The van der Waals surface area contributed by atoms with Gasteiger partial charge in [-0.3, -0.25) is 9.59 Å². The lowest BCUT2D eigenvalue weighted by Gasteiger charge is -2.41. The first kappa shape index (κ1) is 28.2. The summed E-state index contributed by atoms with van der Waals surface area (Å²) in [5.74, 6) is -4.71. The topological polar surface area (TPSA) is 75.6 Å². The summed E-state index contributed by atoms with van der Waals surface area (Å²) in [7, 11) is -2.59. The average molecular weight is 532 g/mol. The Morgan fingerprint density at radius 3 is 2.21 bits per heavy atom. The van der Waals surface area contributed by atoms with Gasteiger partial charge in [0.1, 0.15) is 11.6 Å². The molecule has 0 aromatic heterocycles. The molecule has 0 spiro atoms. The third-order valence-electron chi connectivity index (χ3n) is 6.09. The molecule has 34 heavy (non-hydrogen) atoms. The molecule has 186 valence electrons. The second-order valence-electron chi connectivity index (χ2n) is 9.59. The highest BCUT2D eigenvalue weighted by molar-refractivity contribution is 6.74. The van der Waals surface area contributed by atoms with Crippen molar-refractivity contribution >= 4 is 49.1 Å². The lowest BCUT2D eigenvalue weighted by molar-refractivity contribution is -0.146. The van der Waals surface area contributed by atoms with E-state index in [1.54, 1.807) is 18.2 Å². The number of para-hydroxylation sites is 1. The van der Waals surface area contributed by atoms with Crippen molar-refractivity contribution in [3.8, 4) is 0 Å². The molecular weight excluding hydrogens is 503 g/mol. The van der Waals surface area contributed by atoms with Gasteiger partial charge in [0.25, 0.3) is 0 Å². The quantitative estimate of drug-likeness (QED) is 0.329. The van der Waals surface area contributed by atoms with Crippen LogP contribution in [0.5, 0.6) is 0 Å². The third-order valence-corrected chi connectivity index (χ3v) is 11.2. The van der Waals surface area contributed by atoms with Gasteiger partial charge in [-0.2, -0.15) is 0 Å². The summed E-state index contributed by atoms with van der Waals surface area (Å²) in [5.41, 5.74) is 0.162. The van der Waals surface area contributed by atoms with Gasteiger partial charge in [-0.25, -0.2) is 8.78 Å². The normalized spacial score (nSPS) is 13.9. The second-order valence-corrected chi connectivity index (χ2v) is 15.2. The molecule has 2 atom stereocenters. The highest BCUT2D eigenvalue weighted by atomic mass is 35.5. The van der Waals surface area contributed by atoms with Gasteiger partial charge in [0.15, 0.2) is 8.32 Å². The number of hydrogen-bond acceptors (Lipinski definition) is 3. The van der Waals surface area contributed by atoms with E-state index >= 15 is 0 Å². The smallest absolute Gasteiger partial charge is 0.309 e. The van der Waals surface area contributed by atoms with Crippen molar-refractivity contribution in [3.05, 3.63) is 63.6 Å². The van der Waals surface area contributed by atoms with E-state index in [1.807, 2.05) is 33.9 Å². The van der Waals surface area contributed by atoms with Crippen LogP contribution in [0.3, 0.4) is 0 Å². The summed E-state index contributed by atoms with van der Waals surface area (Å²) < 4.78 is 34.7. The number of carbonyl (C=O) groups excluding carboxylic acids is 1. The molecule has 5 nitrogen and oxygen atoms in total. The van der Waals surface area contributed by atoms with Gasteiger partial charge < -0.3 is 14.8 Å². The number of carbonyl (C=O) groups is 2. The van der Waals surface area contributed by atoms with Crippen molar-refractivity contribution in [2.24, 2.45) is 5.92 Å². The Labute approximate surface area is 209 Å². The number of carboxylic acid groups (broad SMARTS) is 1. The molecule has 2 unspecified atom stereocenters. The van der Waals surface area contributed by atoms with Gasteiger partial charge in [0, 0.05) is 18.1 Å². The summed E-state index contributed by atoms with van der Waals surface area (Å²) in [6.07, 6.45) is -1.58. The molecule has 1 amide bonds. The van der Waals surface area contributed by atoms with Crippen LogP contribution in [0.4, 0.5) is 14.5 Å². The van der Waals surface area contributed by atoms with Gasteiger partial charge in [-0.05, 0) is 42.8 Å². The second kappa shape index (κ2) is 11.2. The van der Waals surface area contributed by atoms with Crippen molar-refractivity contribution < 1.29 is 27.9 Å². The van der Waals surface area contributed by atoms with Crippen molar-refractivity contribution in [2.45, 2.75) is 57.8 Å². The minimum atomic E-state index is -2.59. The van der Waals surface area contributed by atoms with E-state index < -0.39 is 43.9 Å². The summed E-state index contributed by atoms with van der Waals surface area (Å²) in [4.78, 5) is 24.9. The van der Waals surface area contributed by atoms with Crippen LogP contribution in [0.1, 0.15) is 45.3 Å². The number of nitrogens with one attached hydrogen (secondary N) is 1. The lowest BCUT2D eigenvalue weighted by atomic mass is 9.91. The fourth-order valence-electron chi connectivity index (χ4n) is 3.10. The predicted molar refractivity (Wildman–Crippen MR) is 133 cm³/mol. The van der Waals surface area contributed by atoms with Crippen LogP contribution in [-0.2, 0) is 14.0 Å². The molecule has 2 aromatic rings. The zero-order valence-corrected chi connectivity index (χ0v) is 22.2. The van der Waals surface area contributed by atoms with E-state index in [0.717, 1.165) is 6.07 Å². The number of carboxylic acids is 1. The molecule has 2 N–H and O–H groups in total. The van der Waals surface area contributed by atoms with Crippen LogP contribution >= 0.6 is 23.2 Å². The summed E-state index contributed by atoms with van der Waals surface area (Å²) >= 11 is 12.2. The zero-order chi connectivity index (χ0) is 25.8. The lowest BCUT2D eigenvalue weighted by Crippen LogP contribution is -2.44. The highest BCUT2D eigenvalue weighted by Gasteiger charge is 2.43. The molecule has 0 aliphatic heterocycles. The standard InChI is InChI=1S/C24H29Cl2F2NO4Si/c1-24(2,3)34(4,5)33-22(15-10-9-14(27)13-19(15)28)16(23(31)32)11-12-20(30)29-21-17(25)7-6-8-18(21)26/h6-10,13,16,22H,11-12H2,1-5H3,(H,29,30)(H,31,32). The summed E-state index contributed by atoms with van der Waals surface area (Å²) in [6, 6.07) is 7.70. The number of aliphatic carboxylic acids is 1. The molecule has 0 aliphatic rings. The van der Waals surface area contributed by atoms with Gasteiger partial charge in [0.2, 0.25) is 5.91 Å². The maximum atomic E-state index is 14.8. The molecular formula is C24H29Cl2F2NO4Si. The van der Waals surface area contributed by atoms with E-state index in [-0.39, 0.29) is 39.2 Å². The fraction of sp³-hybridized carbons (Fsp3) is 0.417. The Bertz CT molecular complexity index is 1040. The van der Waals surface area contributed by atoms with E-state index in [1.165, 1.54) is 6.07 Å². The molecule has 0 bridgehead atoms. The van der Waals surface area contributed by atoms with Crippen LogP contribution in [-0.4, -0.2) is 25.3 Å². The first-order valence-electron chi connectivity index (χ1n) is 10.7. The first-order valence-corrected chi connectivity index (χ1v) is 14.4. The van der Waals surface area contributed by atoms with E-state index in [2.05, 4.69) is 5.32 Å².